The van der Waals surface area contributed by atoms with Crippen LogP contribution >= 0.6 is 11.3 Å². The summed E-state index contributed by atoms with van der Waals surface area (Å²) < 4.78 is 1.71. The first kappa shape index (κ1) is 15.0. The minimum atomic E-state index is -0.257. The van der Waals surface area contributed by atoms with Gasteiger partial charge in [-0.1, -0.05) is 12.1 Å². The van der Waals surface area contributed by atoms with Crippen LogP contribution in [0.2, 0.25) is 0 Å². The zero-order valence-corrected chi connectivity index (χ0v) is 13.4. The molecule has 0 fully saturated rings. The number of aryl methyl sites for hydroxylation is 3. The molecule has 2 N–H and O–H groups in total. The summed E-state index contributed by atoms with van der Waals surface area (Å²) in [6.45, 7) is 3.43. The van der Waals surface area contributed by atoms with Gasteiger partial charge in [0.2, 0.25) is 0 Å². The molecule has 2 heterocycles. The maximum Gasteiger partial charge on any atom is 0.320 e. The Balaban J connectivity index is 1.41. The third kappa shape index (κ3) is 3.62. The Morgan fingerprint density at radius 1 is 1.45 bits per heavy atom. The summed E-state index contributed by atoms with van der Waals surface area (Å²) in [5.74, 6) is 0.471. The first-order chi connectivity index (χ1) is 10.7. The van der Waals surface area contributed by atoms with Gasteiger partial charge in [-0.3, -0.25) is 10.00 Å². The van der Waals surface area contributed by atoms with E-state index < -0.39 is 0 Å². The Hall–Kier alpha value is -1.96. The highest BCUT2D eigenvalue weighted by Crippen LogP contribution is 2.27. The smallest absolute Gasteiger partial charge is 0.320 e. The Bertz CT molecular complexity index is 628. The van der Waals surface area contributed by atoms with Crippen molar-refractivity contribution in [2.45, 2.75) is 45.6 Å². The second-order valence-corrected chi connectivity index (χ2v) is 6.50. The third-order valence-electron chi connectivity index (χ3n) is 3.50. The molecule has 0 radical (unpaired) electrons. The molecule has 0 atom stereocenters. The van der Waals surface area contributed by atoms with Crippen LogP contribution in [0, 0.1) is 0 Å². The highest BCUT2D eigenvalue weighted by atomic mass is 32.1. The summed E-state index contributed by atoms with van der Waals surface area (Å²) in [6, 6.07) is -0.257. The van der Waals surface area contributed by atoms with Crippen LogP contribution in [0.4, 0.5) is 10.6 Å². The first-order valence-electron chi connectivity index (χ1n) is 7.67. The lowest BCUT2D eigenvalue weighted by atomic mass is 10.3. The van der Waals surface area contributed by atoms with Crippen molar-refractivity contribution in [2.75, 3.05) is 11.9 Å². The lowest BCUT2D eigenvalue weighted by Crippen LogP contribution is -2.30. The lowest BCUT2D eigenvalue weighted by molar-refractivity contribution is 0.252. The molecular formula is C14H20N6OS. The summed E-state index contributed by atoms with van der Waals surface area (Å²) in [7, 11) is 0. The molecule has 0 aliphatic heterocycles. The number of aromatic nitrogens is 4. The minimum absolute atomic E-state index is 0.257. The van der Waals surface area contributed by atoms with Gasteiger partial charge < -0.3 is 5.32 Å². The van der Waals surface area contributed by atoms with E-state index in [9.17, 15) is 4.79 Å². The maximum absolute atomic E-state index is 11.8. The molecule has 2 aromatic rings. The molecular weight excluding hydrogens is 300 g/mol. The summed E-state index contributed by atoms with van der Waals surface area (Å²) in [4.78, 5) is 17.8. The molecule has 2 amide bonds. The van der Waals surface area contributed by atoms with E-state index in [4.69, 9.17) is 0 Å². The number of amides is 2. The van der Waals surface area contributed by atoms with Crippen LogP contribution in [0.3, 0.4) is 0 Å². The highest BCUT2D eigenvalue weighted by molar-refractivity contribution is 7.11. The van der Waals surface area contributed by atoms with Crippen LogP contribution in [0.1, 0.15) is 35.3 Å². The van der Waals surface area contributed by atoms with Crippen molar-refractivity contribution in [3.63, 3.8) is 0 Å². The topological polar surface area (TPSA) is 84.7 Å². The number of rotatable bonds is 6. The number of nitrogens with zero attached hydrogens (tertiary/aromatic N) is 4. The van der Waals surface area contributed by atoms with Gasteiger partial charge in [-0.15, -0.1) is 16.4 Å². The predicted octanol–water partition coefficient (Wildman–Crippen LogP) is 2.00. The fourth-order valence-corrected chi connectivity index (χ4v) is 3.64. The summed E-state index contributed by atoms with van der Waals surface area (Å²) >= 11 is 1.78. The van der Waals surface area contributed by atoms with Gasteiger partial charge in [-0.05, 0) is 25.7 Å². The van der Waals surface area contributed by atoms with Crippen molar-refractivity contribution in [1.82, 2.24) is 25.3 Å². The van der Waals surface area contributed by atoms with Gasteiger partial charge in [0, 0.05) is 24.4 Å². The molecule has 0 saturated carbocycles. The Labute approximate surface area is 133 Å². The second kappa shape index (κ2) is 6.87. The zero-order valence-electron chi connectivity index (χ0n) is 12.6. The Morgan fingerprint density at radius 3 is 3.18 bits per heavy atom. The molecule has 22 heavy (non-hydrogen) atoms. The zero-order chi connectivity index (χ0) is 15.4. The number of anilines is 1. The van der Waals surface area contributed by atoms with Crippen LogP contribution in [0.15, 0.2) is 6.20 Å². The molecule has 2 aromatic heterocycles. The van der Waals surface area contributed by atoms with Crippen molar-refractivity contribution in [2.24, 2.45) is 0 Å². The molecule has 0 unspecified atom stereocenters. The number of thiazole rings is 1. The van der Waals surface area contributed by atoms with Crippen molar-refractivity contribution in [1.29, 1.82) is 0 Å². The minimum Gasteiger partial charge on any atom is -0.337 e. The third-order valence-corrected chi connectivity index (χ3v) is 4.71. The van der Waals surface area contributed by atoms with Crippen molar-refractivity contribution >= 4 is 23.2 Å². The van der Waals surface area contributed by atoms with E-state index in [0.29, 0.717) is 12.4 Å². The summed E-state index contributed by atoms with van der Waals surface area (Å²) in [5, 5.41) is 14.5. The van der Waals surface area contributed by atoms with Gasteiger partial charge in [0.15, 0.2) is 5.82 Å². The highest BCUT2D eigenvalue weighted by Gasteiger charge is 2.16. The van der Waals surface area contributed by atoms with E-state index in [1.54, 1.807) is 22.2 Å². The number of hydrogen-bond acceptors (Lipinski definition) is 5. The van der Waals surface area contributed by atoms with E-state index in [-0.39, 0.29) is 6.03 Å². The number of carbonyl (C=O) groups is 1. The molecule has 118 valence electrons. The van der Waals surface area contributed by atoms with Gasteiger partial charge in [0.25, 0.3) is 0 Å². The van der Waals surface area contributed by atoms with Gasteiger partial charge in [-0.25, -0.2) is 9.78 Å². The first-order valence-corrected chi connectivity index (χ1v) is 8.48. The molecule has 3 rings (SSSR count). The van der Waals surface area contributed by atoms with E-state index in [1.165, 1.54) is 17.0 Å². The molecule has 0 spiro atoms. The Kier molecular flexibility index (Phi) is 4.67. The normalized spacial score (nSPS) is 13.1. The standard InChI is InChI=1S/C14H20N6OS/c1-2-8-20-9-12(18-19-20)17-14(21)15-7-6-13-16-10-4-3-5-11(10)22-13/h9H,2-8H2,1H3,(H2,15,17,21). The average Bonchev–Trinajstić information content (AvgIpc) is 3.15. The number of hydrogen-bond donors (Lipinski definition) is 2. The van der Waals surface area contributed by atoms with E-state index in [2.05, 4.69) is 32.9 Å². The molecule has 1 aliphatic rings. The Morgan fingerprint density at radius 2 is 2.36 bits per heavy atom. The quantitative estimate of drug-likeness (QED) is 0.852. The average molecular weight is 320 g/mol. The van der Waals surface area contributed by atoms with Gasteiger partial charge in [0.1, 0.15) is 0 Å². The molecule has 0 aromatic carbocycles. The summed E-state index contributed by atoms with van der Waals surface area (Å²) in [5.41, 5.74) is 1.26. The number of nitrogens with one attached hydrogen (secondary N) is 2. The number of urea groups is 1. The van der Waals surface area contributed by atoms with Crippen LogP contribution in [0.5, 0.6) is 0 Å². The van der Waals surface area contributed by atoms with Crippen LogP contribution in [-0.2, 0) is 25.8 Å². The van der Waals surface area contributed by atoms with Crippen molar-refractivity contribution in [3.8, 4) is 0 Å². The van der Waals surface area contributed by atoms with Crippen LogP contribution < -0.4 is 10.6 Å². The molecule has 8 heteroatoms. The maximum atomic E-state index is 11.8. The number of fused-ring (bicyclic) bond motifs is 1. The lowest BCUT2D eigenvalue weighted by Gasteiger charge is -2.03. The fourth-order valence-electron chi connectivity index (χ4n) is 2.49. The molecule has 7 nitrogen and oxygen atoms in total. The summed E-state index contributed by atoms with van der Waals surface area (Å²) in [6.07, 6.45) is 6.98. The molecule has 0 bridgehead atoms. The van der Waals surface area contributed by atoms with E-state index >= 15 is 0 Å². The van der Waals surface area contributed by atoms with Crippen LogP contribution in [-0.4, -0.2) is 32.6 Å². The predicted molar refractivity (Wildman–Crippen MR) is 85.2 cm³/mol. The van der Waals surface area contributed by atoms with E-state index in [0.717, 1.165) is 37.2 Å². The van der Waals surface area contributed by atoms with Gasteiger partial charge >= 0.3 is 6.03 Å². The molecule has 0 saturated heterocycles. The van der Waals surface area contributed by atoms with Gasteiger partial charge in [0.05, 0.1) is 16.9 Å². The van der Waals surface area contributed by atoms with Crippen molar-refractivity contribution < 1.29 is 4.79 Å². The van der Waals surface area contributed by atoms with E-state index in [1.807, 2.05) is 0 Å². The number of carbonyl (C=O) groups excluding carboxylic acids is 1. The fraction of sp³-hybridized carbons (Fsp3) is 0.571. The van der Waals surface area contributed by atoms with Crippen LogP contribution in [0.25, 0.3) is 0 Å². The largest absolute Gasteiger partial charge is 0.337 e. The van der Waals surface area contributed by atoms with Gasteiger partial charge in [-0.2, -0.15) is 0 Å². The van der Waals surface area contributed by atoms with Crippen molar-refractivity contribution in [3.05, 3.63) is 21.8 Å². The second-order valence-electron chi connectivity index (χ2n) is 5.33. The monoisotopic (exact) mass is 320 g/mol. The molecule has 1 aliphatic carbocycles. The SMILES string of the molecule is CCCn1cc(NC(=O)NCCc2nc3c(s2)CCC3)nn1.